The third-order valence-electron chi connectivity index (χ3n) is 2.84. The Morgan fingerprint density at radius 1 is 1.29 bits per heavy atom. The fraction of sp³-hybridized carbons (Fsp3) is 0.692. The van der Waals surface area contributed by atoms with Crippen LogP contribution in [0, 0.1) is 6.92 Å². The zero-order valence-corrected chi connectivity index (χ0v) is 11.5. The minimum absolute atomic E-state index is 0.0678. The van der Waals surface area contributed by atoms with Crippen molar-refractivity contribution in [2.75, 3.05) is 19.0 Å². The standard InChI is InChI=1S/C13H23N3O/c1-6-8-14-13-11(7-2)9(3)15-12(16-13)10(4)17-5/h10H,6-8H2,1-5H3,(H,14,15,16). The van der Waals surface area contributed by atoms with E-state index < -0.39 is 0 Å². The topological polar surface area (TPSA) is 47.0 Å². The number of nitrogens with zero attached hydrogens (tertiary/aromatic N) is 2. The van der Waals surface area contributed by atoms with Gasteiger partial charge in [0.1, 0.15) is 11.9 Å². The lowest BCUT2D eigenvalue weighted by Gasteiger charge is -2.15. The van der Waals surface area contributed by atoms with Crippen molar-refractivity contribution in [3.05, 3.63) is 17.1 Å². The first-order valence-electron chi connectivity index (χ1n) is 6.28. The van der Waals surface area contributed by atoms with Crippen LogP contribution in [-0.4, -0.2) is 23.6 Å². The highest BCUT2D eigenvalue weighted by Crippen LogP contribution is 2.20. The summed E-state index contributed by atoms with van der Waals surface area (Å²) in [5.74, 6) is 1.71. The number of aryl methyl sites for hydroxylation is 1. The van der Waals surface area contributed by atoms with Gasteiger partial charge in [-0.15, -0.1) is 0 Å². The van der Waals surface area contributed by atoms with Crippen molar-refractivity contribution in [1.29, 1.82) is 0 Å². The molecule has 4 nitrogen and oxygen atoms in total. The second-order valence-corrected chi connectivity index (χ2v) is 4.15. The van der Waals surface area contributed by atoms with E-state index in [9.17, 15) is 0 Å². The molecule has 1 heterocycles. The highest BCUT2D eigenvalue weighted by atomic mass is 16.5. The van der Waals surface area contributed by atoms with Crippen LogP contribution in [0.15, 0.2) is 0 Å². The molecule has 0 aliphatic rings. The van der Waals surface area contributed by atoms with Crippen molar-refractivity contribution in [2.24, 2.45) is 0 Å². The van der Waals surface area contributed by atoms with Gasteiger partial charge < -0.3 is 10.1 Å². The Morgan fingerprint density at radius 2 is 2.00 bits per heavy atom. The molecule has 1 aromatic rings. The van der Waals surface area contributed by atoms with Gasteiger partial charge in [-0.3, -0.25) is 0 Å². The fourth-order valence-electron chi connectivity index (χ4n) is 1.72. The fourth-order valence-corrected chi connectivity index (χ4v) is 1.72. The predicted octanol–water partition coefficient (Wildman–Crippen LogP) is 2.88. The third-order valence-corrected chi connectivity index (χ3v) is 2.84. The number of hydrogen-bond donors (Lipinski definition) is 1. The lowest BCUT2D eigenvalue weighted by atomic mass is 10.1. The van der Waals surface area contributed by atoms with Gasteiger partial charge in [0.05, 0.1) is 0 Å². The van der Waals surface area contributed by atoms with Crippen molar-refractivity contribution in [2.45, 2.75) is 46.6 Å². The zero-order chi connectivity index (χ0) is 12.8. The van der Waals surface area contributed by atoms with Gasteiger partial charge in [0.25, 0.3) is 0 Å². The van der Waals surface area contributed by atoms with Crippen LogP contribution in [0.4, 0.5) is 5.82 Å². The van der Waals surface area contributed by atoms with Crippen LogP contribution in [0.1, 0.15) is 50.4 Å². The molecule has 0 radical (unpaired) electrons. The molecule has 17 heavy (non-hydrogen) atoms. The van der Waals surface area contributed by atoms with Gasteiger partial charge in [-0.25, -0.2) is 9.97 Å². The normalized spacial score (nSPS) is 12.5. The van der Waals surface area contributed by atoms with Crippen LogP contribution in [0.3, 0.4) is 0 Å². The van der Waals surface area contributed by atoms with E-state index in [0.29, 0.717) is 0 Å². The average Bonchev–Trinajstić information content (AvgIpc) is 2.34. The van der Waals surface area contributed by atoms with Crippen molar-refractivity contribution < 1.29 is 4.74 Å². The molecule has 0 saturated heterocycles. The maximum atomic E-state index is 5.27. The summed E-state index contributed by atoms with van der Waals surface area (Å²) in [6, 6.07) is 0. The number of anilines is 1. The van der Waals surface area contributed by atoms with Gasteiger partial charge in [0.15, 0.2) is 5.82 Å². The van der Waals surface area contributed by atoms with E-state index in [0.717, 1.165) is 36.7 Å². The van der Waals surface area contributed by atoms with Crippen LogP contribution < -0.4 is 5.32 Å². The number of ether oxygens (including phenoxy) is 1. The predicted molar refractivity (Wildman–Crippen MR) is 70.4 cm³/mol. The summed E-state index contributed by atoms with van der Waals surface area (Å²) in [6.45, 7) is 9.20. The first-order chi connectivity index (χ1) is 8.13. The summed E-state index contributed by atoms with van der Waals surface area (Å²) in [7, 11) is 1.68. The Hall–Kier alpha value is -1.16. The molecule has 0 aromatic carbocycles. The molecule has 1 unspecified atom stereocenters. The summed E-state index contributed by atoms with van der Waals surface area (Å²) in [6.07, 6.45) is 1.96. The van der Waals surface area contributed by atoms with Crippen molar-refractivity contribution in [1.82, 2.24) is 9.97 Å². The van der Waals surface area contributed by atoms with Crippen LogP contribution in [0.2, 0.25) is 0 Å². The first kappa shape index (κ1) is 13.9. The first-order valence-corrected chi connectivity index (χ1v) is 6.28. The molecule has 0 amide bonds. The van der Waals surface area contributed by atoms with Crippen molar-refractivity contribution in [3.63, 3.8) is 0 Å². The molecule has 0 saturated carbocycles. The molecule has 0 aliphatic carbocycles. The van der Waals surface area contributed by atoms with Gasteiger partial charge in [-0.1, -0.05) is 13.8 Å². The van der Waals surface area contributed by atoms with Crippen LogP contribution in [0.5, 0.6) is 0 Å². The van der Waals surface area contributed by atoms with E-state index >= 15 is 0 Å². The van der Waals surface area contributed by atoms with Crippen molar-refractivity contribution >= 4 is 5.82 Å². The molecule has 0 aliphatic heterocycles. The lowest BCUT2D eigenvalue weighted by Crippen LogP contribution is -2.12. The summed E-state index contributed by atoms with van der Waals surface area (Å²) in [5, 5.41) is 3.37. The van der Waals surface area contributed by atoms with Crippen LogP contribution in [-0.2, 0) is 11.2 Å². The number of methoxy groups -OCH3 is 1. The minimum atomic E-state index is -0.0678. The van der Waals surface area contributed by atoms with Gasteiger partial charge in [-0.05, 0) is 26.7 Å². The average molecular weight is 237 g/mol. The summed E-state index contributed by atoms with van der Waals surface area (Å²) < 4.78 is 5.27. The van der Waals surface area contributed by atoms with Gasteiger partial charge in [0.2, 0.25) is 0 Å². The Balaban J connectivity index is 3.09. The highest BCUT2D eigenvalue weighted by Gasteiger charge is 2.13. The number of nitrogens with one attached hydrogen (secondary N) is 1. The second kappa shape index (κ2) is 6.55. The molecule has 4 heteroatoms. The third kappa shape index (κ3) is 3.40. The molecular weight excluding hydrogens is 214 g/mol. The van der Waals surface area contributed by atoms with E-state index in [1.54, 1.807) is 7.11 Å². The molecular formula is C13H23N3O. The van der Waals surface area contributed by atoms with Crippen LogP contribution >= 0.6 is 0 Å². The van der Waals surface area contributed by atoms with E-state index in [-0.39, 0.29) is 6.10 Å². The lowest BCUT2D eigenvalue weighted by molar-refractivity contribution is 0.112. The van der Waals surface area contributed by atoms with Crippen LogP contribution in [0.25, 0.3) is 0 Å². The molecule has 1 atom stereocenters. The van der Waals surface area contributed by atoms with E-state index in [4.69, 9.17) is 4.74 Å². The van der Waals surface area contributed by atoms with E-state index in [2.05, 4.69) is 29.1 Å². The maximum absolute atomic E-state index is 5.27. The van der Waals surface area contributed by atoms with Gasteiger partial charge >= 0.3 is 0 Å². The highest BCUT2D eigenvalue weighted by molar-refractivity contribution is 5.46. The Morgan fingerprint density at radius 3 is 2.53 bits per heavy atom. The Bertz CT molecular complexity index is 366. The smallest absolute Gasteiger partial charge is 0.159 e. The number of hydrogen-bond acceptors (Lipinski definition) is 4. The Kier molecular flexibility index (Phi) is 5.35. The minimum Gasteiger partial charge on any atom is -0.374 e. The molecule has 0 bridgehead atoms. The molecule has 1 aromatic heterocycles. The summed E-state index contributed by atoms with van der Waals surface area (Å²) in [5.41, 5.74) is 2.24. The van der Waals surface area contributed by atoms with Crippen molar-refractivity contribution in [3.8, 4) is 0 Å². The molecule has 0 fully saturated rings. The number of rotatable bonds is 6. The van der Waals surface area contributed by atoms with Gasteiger partial charge in [-0.2, -0.15) is 0 Å². The largest absolute Gasteiger partial charge is 0.374 e. The summed E-state index contributed by atoms with van der Waals surface area (Å²) >= 11 is 0. The molecule has 96 valence electrons. The molecule has 0 spiro atoms. The van der Waals surface area contributed by atoms with E-state index in [1.807, 2.05) is 13.8 Å². The SMILES string of the molecule is CCCNc1nc(C(C)OC)nc(C)c1CC. The second-order valence-electron chi connectivity index (χ2n) is 4.15. The summed E-state index contributed by atoms with van der Waals surface area (Å²) in [4.78, 5) is 9.07. The number of aromatic nitrogens is 2. The zero-order valence-electron chi connectivity index (χ0n) is 11.5. The molecule has 1 N–H and O–H groups in total. The molecule has 1 rings (SSSR count). The quantitative estimate of drug-likeness (QED) is 0.826. The monoisotopic (exact) mass is 237 g/mol. The maximum Gasteiger partial charge on any atom is 0.159 e. The van der Waals surface area contributed by atoms with E-state index in [1.165, 1.54) is 5.56 Å². The van der Waals surface area contributed by atoms with Gasteiger partial charge in [0, 0.05) is 24.9 Å². The Labute approximate surface area is 104 Å².